The van der Waals surface area contributed by atoms with Crippen LogP contribution in [-0.4, -0.2) is 5.11 Å². The van der Waals surface area contributed by atoms with E-state index in [2.05, 4.69) is 38.8 Å². The number of hydrogen-bond acceptors (Lipinski definition) is 2. The van der Waals surface area contributed by atoms with E-state index >= 15 is 0 Å². The SMILES string of the molecule is CCCCCCCCCC(O)c1cc(Br)sc1Br. The minimum Gasteiger partial charge on any atom is -0.388 e. The van der Waals surface area contributed by atoms with E-state index in [1.54, 1.807) is 11.3 Å². The lowest BCUT2D eigenvalue weighted by Crippen LogP contribution is -1.96. The summed E-state index contributed by atoms with van der Waals surface area (Å²) in [4.78, 5) is 0. The van der Waals surface area contributed by atoms with Crippen molar-refractivity contribution in [3.8, 4) is 0 Å². The first-order valence-corrected chi connectivity index (χ1v) is 9.18. The molecule has 0 aliphatic heterocycles. The molecule has 104 valence electrons. The molecule has 0 amide bonds. The molecule has 0 radical (unpaired) electrons. The summed E-state index contributed by atoms with van der Waals surface area (Å²) in [6.07, 6.45) is 9.59. The molecule has 1 heterocycles. The molecule has 0 aliphatic carbocycles. The smallest absolute Gasteiger partial charge is 0.0809 e. The Kier molecular flexibility index (Phi) is 8.81. The fourth-order valence-electron chi connectivity index (χ4n) is 2.03. The summed E-state index contributed by atoms with van der Waals surface area (Å²) in [7, 11) is 0. The second-order valence-electron chi connectivity index (χ2n) is 4.71. The normalized spacial score (nSPS) is 12.9. The summed E-state index contributed by atoms with van der Waals surface area (Å²) in [6.45, 7) is 2.24. The van der Waals surface area contributed by atoms with Gasteiger partial charge in [0.25, 0.3) is 0 Å². The van der Waals surface area contributed by atoms with Crippen LogP contribution in [0.5, 0.6) is 0 Å². The summed E-state index contributed by atoms with van der Waals surface area (Å²) in [5, 5.41) is 10.1. The molecular weight excluding hydrogens is 376 g/mol. The standard InChI is InChI=1S/C14H22Br2OS/c1-2-3-4-5-6-7-8-9-12(17)11-10-13(15)18-14(11)16/h10,12,17H,2-9H2,1H3. The highest BCUT2D eigenvalue weighted by atomic mass is 79.9. The largest absolute Gasteiger partial charge is 0.388 e. The van der Waals surface area contributed by atoms with Gasteiger partial charge < -0.3 is 5.11 Å². The Labute approximate surface area is 131 Å². The Morgan fingerprint density at radius 1 is 1.11 bits per heavy atom. The zero-order chi connectivity index (χ0) is 13.4. The van der Waals surface area contributed by atoms with E-state index in [0.29, 0.717) is 0 Å². The van der Waals surface area contributed by atoms with Crippen LogP contribution in [0.25, 0.3) is 0 Å². The van der Waals surface area contributed by atoms with Gasteiger partial charge in [-0.3, -0.25) is 0 Å². The van der Waals surface area contributed by atoms with Crippen molar-refractivity contribution in [2.24, 2.45) is 0 Å². The third-order valence-electron chi connectivity index (χ3n) is 3.12. The zero-order valence-corrected chi connectivity index (χ0v) is 14.9. The van der Waals surface area contributed by atoms with Crippen LogP contribution in [0.1, 0.15) is 70.0 Å². The molecule has 1 rings (SSSR count). The summed E-state index contributed by atoms with van der Waals surface area (Å²) < 4.78 is 2.12. The summed E-state index contributed by atoms with van der Waals surface area (Å²) in [6, 6.07) is 2.01. The predicted octanol–water partition coefficient (Wildman–Crippen LogP) is 6.45. The van der Waals surface area contributed by atoms with Crippen LogP contribution in [0.15, 0.2) is 13.6 Å². The van der Waals surface area contributed by atoms with E-state index in [9.17, 15) is 5.11 Å². The van der Waals surface area contributed by atoms with Gasteiger partial charge in [-0.05, 0) is 44.3 Å². The third-order valence-corrected chi connectivity index (χ3v) is 5.51. The summed E-state index contributed by atoms with van der Waals surface area (Å²) in [5.74, 6) is 0. The number of halogens is 2. The average molecular weight is 398 g/mol. The van der Waals surface area contributed by atoms with Crippen molar-refractivity contribution in [2.75, 3.05) is 0 Å². The molecule has 0 fully saturated rings. The van der Waals surface area contributed by atoms with Crippen LogP contribution in [-0.2, 0) is 0 Å². The molecule has 4 heteroatoms. The lowest BCUT2D eigenvalue weighted by molar-refractivity contribution is 0.163. The monoisotopic (exact) mass is 396 g/mol. The van der Waals surface area contributed by atoms with Crippen LogP contribution in [0, 0.1) is 0 Å². The van der Waals surface area contributed by atoms with Gasteiger partial charge in [0, 0.05) is 5.56 Å². The lowest BCUT2D eigenvalue weighted by Gasteiger charge is -2.09. The number of aliphatic hydroxyl groups is 1. The molecule has 1 unspecified atom stereocenters. The second kappa shape index (κ2) is 9.51. The number of rotatable bonds is 9. The molecule has 0 saturated heterocycles. The quantitative estimate of drug-likeness (QED) is 0.474. The van der Waals surface area contributed by atoms with Crippen LogP contribution >= 0.6 is 43.2 Å². The Balaban J connectivity index is 2.14. The predicted molar refractivity (Wildman–Crippen MR) is 87.3 cm³/mol. The highest BCUT2D eigenvalue weighted by Gasteiger charge is 2.13. The van der Waals surface area contributed by atoms with E-state index in [-0.39, 0.29) is 6.10 Å². The highest BCUT2D eigenvalue weighted by Crippen LogP contribution is 2.37. The third kappa shape index (κ3) is 6.18. The molecular formula is C14H22Br2OS. The van der Waals surface area contributed by atoms with Crippen molar-refractivity contribution < 1.29 is 5.11 Å². The lowest BCUT2D eigenvalue weighted by atomic mass is 10.0. The molecule has 1 N–H and O–H groups in total. The number of hydrogen-bond donors (Lipinski definition) is 1. The first kappa shape index (κ1) is 16.7. The molecule has 0 aromatic carbocycles. The Morgan fingerprint density at radius 3 is 2.28 bits per heavy atom. The van der Waals surface area contributed by atoms with E-state index in [1.807, 2.05) is 6.07 Å². The number of thiophene rings is 1. The van der Waals surface area contributed by atoms with Gasteiger partial charge in [0.2, 0.25) is 0 Å². The Hall–Kier alpha value is 0.620. The van der Waals surface area contributed by atoms with Gasteiger partial charge in [-0.2, -0.15) is 0 Å². The van der Waals surface area contributed by atoms with Crippen molar-refractivity contribution in [1.29, 1.82) is 0 Å². The van der Waals surface area contributed by atoms with E-state index < -0.39 is 0 Å². The van der Waals surface area contributed by atoms with Crippen molar-refractivity contribution in [1.82, 2.24) is 0 Å². The first-order valence-electron chi connectivity index (χ1n) is 6.78. The Bertz CT molecular complexity index is 339. The van der Waals surface area contributed by atoms with E-state index in [1.165, 1.54) is 38.5 Å². The van der Waals surface area contributed by atoms with E-state index in [0.717, 1.165) is 26.0 Å². The minimum absolute atomic E-state index is 0.322. The molecule has 0 saturated carbocycles. The molecule has 1 aromatic heterocycles. The van der Waals surface area contributed by atoms with Gasteiger partial charge in [-0.1, -0.05) is 51.9 Å². The highest BCUT2D eigenvalue weighted by molar-refractivity contribution is 9.12. The van der Waals surface area contributed by atoms with Crippen molar-refractivity contribution in [2.45, 2.75) is 64.4 Å². The molecule has 1 nitrogen and oxygen atoms in total. The number of aliphatic hydroxyl groups excluding tert-OH is 1. The number of unbranched alkanes of at least 4 members (excludes halogenated alkanes) is 6. The maximum Gasteiger partial charge on any atom is 0.0809 e. The maximum atomic E-state index is 10.1. The van der Waals surface area contributed by atoms with Gasteiger partial charge in [0.1, 0.15) is 0 Å². The molecule has 1 aromatic rings. The fraction of sp³-hybridized carbons (Fsp3) is 0.714. The molecule has 0 aliphatic rings. The maximum absolute atomic E-state index is 10.1. The summed E-state index contributed by atoms with van der Waals surface area (Å²) >= 11 is 8.57. The summed E-state index contributed by atoms with van der Waals surface area (Å²) in [5.41, 5.74) is 1.03. The average Bonchev–Trinajstić information content (AvgIpc) is 2.67. The molecule has 0 bridgehead atoms. The van der Waals surface area contributed by atoms with Crippen LogP contribution < -0.4 is 0 Å². The first-order chi connectivity index (χ1) is 8.65. The van der Waals surface area contributed by atoms with Gasteiger partial charge in [-0.15, -0.1) is 11.3 Å². The van der Waals surface area contributed by atoms with Gasteiger partial charge in [-0.25, -0.2) is 0 Å². The van der Waals surface area contributed by atoms with Crippen molar-refractivity contribution >= 4 is 43.2 Å². The van der Waals surface area contributed by atoms with Crippen LogP contribution in [0.2, 0.25) is 0 Å². The van der Waals surface area contributed by atoms with Crippen molar-refractivity contribution in [3.05, 3.63) is 19.2 Å². The fourth-order valence-corrected chi connectivity index (χ4v) is 4.99. The minimum atomic E-state index is -0.322. The second-order valence-corrected chi connectivity index (χ2v) is 8.45. The molecule has 1 atom stereocenters. The molecule has 18 heavy (non-hydrogen) atoms. The van der Waals surface area contributed by atoms with Gasteiger partial charge >= 0.3 is 0 Å². The topological polar surface area (TPSA) is 20.2 Å². The van der Waals surface area contributed by atoms with E-state index in [4.69, 9.17) is 0 Å². The van der Waals surface area contributed by atoms with Crippen molar-refractivity contribution in [3.63, 3.8) is 0 Å². The Morgan fingerprint density at radius 2 is 1.72 bits per heavy atom. The zero-order valence-electron chi connectivity index (χ0n) is 10.9. The van der Waals surface area contributed by atoms with Gasteiger partial charge in [0.15, 0.2) is 0 Å². The van der Waals surface area contributed by atoms with Crippen LogP contribution in [0.4, 0.5) is 0 Å². The van der Waals surface area contributed by atoms with Gasteiger partial charge in [0.05, 0.1) is 13.7 Å². The molecule has 0 spiro atoms. The van der Waals surface area contributed by atoms with Crippen LogP contribution in [0.3, 0.4) is 0 Å².